The summed E-state index contributed by atoms with van der Waals surface area (Å²) in [5.74, 6) is 2.76. The topological polar surface area (TPSA) is 15.3 Å². The zero-order chi connectivity index (χ0) is 13.8. The van der Waals surface area contributed by atoms with Crippen LogP contribution in [0.3, 0.4) is 0 Å². The number of rotatable bonds is 4. The maximum absolute atomic E-state index is 3.65. The van der Waals surface area contributed by atoms with Gasteiger partial charge in [0, 0.05) is 25.2 Å². The van der Waals surface area contributed by atoms with Gasteiger partial charge in [0.2, 0.25) is 0 Å². The number of nitrogens with one attached hydrogen (secondary N) is 1. The summed E-state index contributed by atoms with van der Waals surface area (Å²) < 4.78 is 0. The Balaban J connectivity index is 1.78. The monoisotopic (exact) mass is 266 g/mol. The van der Waals surface area contributed by atoms with Crippen LogP contribution in [0.5, 0.6) is 0 Å². The molecule has 1 aliphatic carbocycles. The normalized spacial score (nSPS) is 37.7. The second-order valence-electron chi connectivity index (χ2n) is 7.53. The average molecular weight is 266 g/mol. The van der Waals surface area contributed by atoms with Crippen LogP contribution < -0.4 is 5.32 Å². The minimum absolute atomic E-state index is 0.668. The van der Waals surface area contributed by atoms with Gasteiger partial charge in [0.05, 0.1) is 0 Å². The highest BCUT2D eigenvalue weighted by molar-refractivity contribution is 4.86. The van der Waals surface area contributed by atoms with E-state index in [1.54, 1.807) is 0 Å². The zero-order valence-corrected chi connectivity index (χ0v) is 13.5. The number of hydrogen-bond donors (Lipinski definition) is 1. The third-order valence-corrected chi connectivity index (χ3v) is 5.38. The van der Waals surface area contributed by atoms with Gasteiger partial charge in [-0.1, -0.05) is 46.5 Å². The van der Waals surface area contributed by atoms with Gasteiger partial charge in [0.15, 0.2) is 0 Å². The smallest absolute Gasteiger partial charge is 0.0244 e. The molecule has 1 saturated heterocycles. The standard InChI is InChI=1S/C17H34N2/c1-13(2)17-11-18-15(4)12-19(17)10-9-16-7-5-14(3)6-8-16/h13-18H,5-12H2,1-4H3. The van der Waals surface area contributed by atoms with Gasteiger partial charge in [-0.2, -0.15) is 0 Å². The average Bonchev–Trinajstić information content (AvgIpc) is 2.38. The summed E-state index contributed by atoms with van der Waals surface area (Å²) in [6.45, 7) is 13.2. The van der Waals surface area contributed by atoms with Crippen molar-refractivity contribution in [3.05, 3.63) is 0 Å². The van der Waals surface area contributed by atoms with Gasteiger partial charge in [-0.05, 0) is 37.6 Å². The van der Waals surface area contributed by atoms with Crippen LogP contribution in [0.15, 0.2) is 0 Å². The van der Waals surface area contributed by atoms with E-state index in [2.05, 4.69) is 37.9 Å². The second kappa shape index (κ2) is 7.08. The number of nitrogens with zero attached hydrogens (tertiary/aromatic N) is 1. The predicted octanol–water partition coefficient (Wildman–Crippen LogP) is 3.52. The highest BCUT2D eigenvalue weighted by atomic mass is 15.2. The molecule has 0 amide bonds. The minimum Gasteiger partial charge on any atom is -0.311 e. The summed E-state index contributed by atoms with van der Waals surface area (Å²) in [6.07, 6.45) is 7.33. The van der Waals surface area contributed by atoms with Crippen LogP contribution in [-0.2, 0) is 0 Å². The molecule has 0 aromatic heterocycles. The molecule has 0 bridgehead atoms. The molecule has 19 heavy (non-hydrogen) atoms. The first-order valence-electron chi connectivity index (χ1n) is 8.53. The van der Waals surface area contributed by atoms with Crippen LogP contribution in [0.4, 0.5) is 0 Å². The quantitative estimate of drug-likeness (QED) is 0.837. The van der Waals surface area contributed by atoms with E-state index in [-0.39, 0.29) is 0 Å². The van der Waals surface area contributed by atoms with Gasteiger partial charge in [0.1, 0.15) is 0 Å². The molecule has 112 valence electrons. The number of piperazine rings is 1. The van der Waals surface area contributed by atoms with E-state index in [0.29, 0.717) is 6.04 Å². The first kappa shape index (κ1) is 15.3. The summed E-state index contributed by atoms with van der Waals surface area (Å²) >= 11 is 0. The Morgan fingerprint density at radius 3 is 2.42 bits per heavy atom. The van der Waals surface area contributed by atoms with Gasteiger partial charge in [0.25, 0.3) is 0 Å². The van der Waals surface area contributed by atoms with E-state index in [1.807, 2.05) is 0 Å². The lowest BCUT2D eigenvalue weighted by Crippen LogP contribution is -2.57. The van der Waals surface area contributed by atoms with Crippen molar-refractivity contribution in [3.63, 3.8) is 0 Å². The van der Waals surface area contributed by atoms with Crippen molar-refractivity contribution in [2.45, 2.75) is 71.9 Å². The van der Waals surface area contributed by atoms with Gasteiger partial charge < -0.3 is 5.32 Å². The van der Waals surface area contributed by atoms with Crippen molar-refractivity contribution in [2.24, 2.45) is 17.8 Å². The molecule has 2 atom stereocenters. The van der Waals surface area contributed by atoms with Crippen molar-refractivity contribution >= 4 is 0 Å². The Labute approximate surface area is 120 Å². The Hall–Kier alpha value is -0.0800. The van der Waals surface area contributed by atoms with Crippen LogP contribution in [0.25, 0.3) is 0 Å². The second-order valence-corrected chi connectivity index (χ2v) is 7.53. The Kier molecular flexibility index (Phi) is 5.70. The number of hydrogen-bond acceptors (Lipinski definition) is 2. The van der Waals surface area contributed by atoms with Crippen LogP contribution in [0.2, 0.25) is 0 Å². The molecule has 1 N–H and O–H groups in total. The molecule has 1 heterocycles. The SMILES string of the molecule is CC1CCC(CCN2CC(C)NCC2C(C)C)CC1. The van der Waals surface area contributed by atoms with Crippen molar-refractivity contribution < 1.29 is 0 Å². The van der Waals surface area contributed by atoms with E-state index in [4.69, 9.17) is 0 Å². The Morgan fingerprint density at radius 1 is 1.11 bits per heavy atom. The molecular weight excluding hydrogens is 232 g/mol. The van der Waals surface area contributed by atoms with E-state index in [9.17, 15) is 0 Å². The molecule has 0 aromatic rings. The minimum atomic E-state index is 0.668. The molecule has 2 fully saturated rings. The highest BCUT2D eigenvalue weighted by Crippen LogP contribution is 2.31. The van der Waals surface area contributed by atoms with Gasteiger partial charge >= 0.3 is 0 Å². The molecule has 2 heteroatoms. The van der Waals surface area contributed by atoms with Crippen LogP contribution in [-0.4, -0.2) is 36.6 Å². The van der Waals surface area contributed by atoms with Crippen molar-refractivity contribution in [3.8, 4) is 0 Å². The van der Waals surface area contributed by atoms with Crippen molar-refractivity contribution in [1.82, 2.24) is 10.2 Å². The first-order chi connectivity index (χ1) is 9.06. The molecule has 0 radical (unpaired) electrons. The van der Waals surface area contributed by atoms with Crippen molar-refractivity contribution in [2.75, 3.05) is 19.6 Å². The summed E-state index contributed by atoms with van der Waals surface area (Å²) in [5, 5.41) is 3.65. The summed E-state index contributed by atoms with van der Waals surface area (Å²) in [4.78, 5) is 2.77. The fourth-order valence-electron chi connectivity index (χ4n) is 3.88. The van der Waals surface area contributed by atoms with E-state index in [0.717, 1.165) is 23.8 Å². The lowest BCUT2D eigenvalue weighted by atomic mass is 9.81. The van der Waals surface area contributed by atoms with E-state index < -0.39 is 0 Å². The first-order valence-corrected chi connectivity index (χ1v) is 8.53. The Bertz CT molecular complexity index is 256. The molecule has 2 aliphatic rings. The summed E-state index contributed by atoms with van der Waals surface area (Å²) in [6, 6.07) is 1.42. The molecule has 2 unspecified atom stereocenters. The van der Waals surface area contributed by atoms with Gasteiger partial charge in [-0.15, -0.1) is 0 Å². The highest BCUT2D eigenvalue weighted by Gasteiger charge is 2.28. The van der Waals surface area contributed by atoms with E-state index in [1.165, 1.54) is 51.7 Å². The maximum atomic E-state index is 3.65. The zero-order valence-electron chi connectivity index (χ0n) is 13.5. The third-order valence-electron chi connectivity index (χ3n) is 5.38. The van der Waals surface area contributed by atoms with Gasteiger partial charge in [-0.3, -0.25) is 4.90 Å². The summed E-state index contributed by atoms with van der Waals surface area (Å²) in [7, 11) is 0. The predicted molar refractivity (Wildman–Crippen MR) is 83.4 cm³/mol. The van der Waals surface area contributed by atoms with Crippen molar-refractivity contribution in [1.29, 1.82) is 0 Å². The van der Waals surface area contributed by atoms with E-state index >= 15 is 0 Å². The van der Waals surface area contributed by atoms with Crippen LogP contribution in [0, 0.1) is 17.8 Å². The fraction of sp³-hybridized carbons (Fsp3) is 1.00. The molecule has 0 spiro atoms. The third kappa shape index (κ3) is 4.46. The molecule has 2 nitrogen and oxygen atoms in total. The lowest BCUT2D eigenvalue weighted by Gasteiger charge is -2.42. The molecular formula is C17H34N2. The maximum Gasteiger partial charge on any atom is 0.0244 e. The molecule has 0 aromatic carbocycles. The van der Waals surface area contributed by atoms with Gasteiger partial charge in [-0.25, -0.2) is 0 Å². The largest absolute Gasteiger partial charge is 0.311 e. The Morgan fingerprint density at radius 2 is 1.79 bits per heavy atom. The lowest BCUT2D eigenvalue weighted by molar-refractivity contribution is 0.0919. The molecule has 1 aliphatic heterocycles. The fourth-order valence-corrected chi connectivity index (χ4v) is 3.88. The summed E-state index contributed by atoms with van der Waals surface area (Å²) in [5.41, 5.74) is 0. The van der Waals surface area contributed by atoms with Crippen LogP contribution >= 0.6 is 0 Å². The molecule has 2 rings (SSSR count). The van der Waals surface area contributed by atoms with Crippen LogP contribution in [0.1, 0.15) is 59.8 Å². The molecule has 1 saturated carbocycles.